The smallest absolute Gasteiger partial charge is 0.269 e. The van der Waals surface area contributed by atoms with Gasteiger partial charge in [0.1, 0.15) is 5.60 Å². The normalized spacial score (nSPS) is 25.4. The van der Waals surface area contributed by atoms with Crippen LogP contribution in [-0.2, 0) is 5.60 Å². The first-order chi connectivity index (χ1) is 7.12. The maximum Gasteiger partial charge on any atom is 0.269 e. The topological polar surface area (TPSA) is 75.4 Å². The van der Waals surface area contributed by atoms with Gasteiger partial charge in [0.2, 0.25) is 0 Å². The van der Waals surface area contributed by atoms with Crippen LogP contribution in [0.4, 0.5) is 5.69 Å². The van der Waals surface area contributed by atoms with Crippen LogP contribution in [0.15, 0.2) is 24.3 Å². The Labute approximate surface area is 86.9 Å². The van der Waals surface area contributed by atoms with E-state index in [1.807, 2.05) is 0 Å². The fourth-order valence-electron chi connectivity index (χ4n) is 1.83. The molecule has 1 saturated heterocycles. The van der Waals surface area contributed by atoms with E-state index in [1.54, 1.807) is 12.1 Å². The average Bonchev–Trinajstić information content (AvgIpc) is 2.67. The number of hydrogen-bond acceptors (Lipinski definition) is 4. The van der Waals surface area contributed by atoms with Crippen LogP contribution in [0.25, 0.3) is 0 Å². The molecular weight excluding hydrogens is 196 g/mol. The van der Waals surface area contributed by atoms with Crippen LogP contribution in [0.1, 0.15) is 12.0 Å². The lowest BCUT2D eigenvalue weighted by atomic mass is 9.93. The van der Waals surface area contributed by atoms with Crippen LogP contribution in [0, 0.1) is 10.1 Å². The predicted octanol–water partition coefficient (Wildman–Crippen LogP) is 0.776. The molecule has 15 heavy (non-hydrogen) atoms. The Morgan fingerprint density at radius 3 is 2.93 bits per heavy atom. The minimum atomic E-state index is -0.952. The van der Waals surface area contributed by atoms with E-state index in [0.717, 1.165) is 6.54 Å². The molecule has 1 aromatic rings. The molecule has 0 aliphatic carbocycles. The third kappa shape index (κ3) is 1.84. The Hall–Kier alpha value is -1.46. The molecule has 0 spiro atoms. The summed E-state index contributed by atoms with van der Waals surface area (Å²) in [5, 5.41) is 23.8. The molecule has 0 bridgehead atoms. The fraction of sp³-hybridized carbons (Fsp3) is 0.400. The van der Waals surface area contributed by atoms with Crippen molar-refractivity contribution >= 4 is 5.69 Å². The van der Waals surface area contributed by atoms with Gasteiger partial charge in [0.25, 0.3) is 5.69 Å². The molecule has 0 radical (unpaired) electrons. The number of rotatable bonds is 2. The highest BCUT2D eigenvalue weighted by molar-refractivity contribution is 5.37. The van der Waals surface area contributed by atoms with Crippen molar-refractivity contribution in [1.82, 2.24) is 5.32 Å². The zero-order chi connectivity index (χ0) is 10.9. The minimum Gasteiger partial charge on any atom is -0.384 e. The van der Waals surface area contributed by atoms with Crippen LogP contribution >= 0.6 is 0 Å². The summed E-state index contributed by atoms with van der Waals surface area (Å²) in [6.45, 7) is 1.19. The van der Waals surface area contributed by atoms with Crippen molar-refractivity contribution in [2.75, 3.05) is 13.1 Å². The van der Waals surface area contributed by atoms with Gasteiger partial charge in [-0.1, -0.05) is 12.1 Å². The molecule has 5 heteroatoms. The van der Waals surface area contributed by atoms with Gasteiger partial charge in [0.05, 0.1) is 4.92 Å². The molecule has 2 N–H and O–H groups in total. The Morgan fingerprint density at radius 1 is 1.53 bits per heavy atom. The van der Waals surface area contributed by atoms with Gasteiger partial charge in [0.15, 0.2) is 0 Å². The van der Waals surface area contributed by atoms with Crippen molar-refractivity contribution in [2.24, 2.45) is 0 Å². The molecule has 1 aliphatic heterocycles. The van der Waals surface area contributed by atoms with Crippen LogP contribution in [0.3, 0.4) is 0 Å². The van der Waals surface area contributed by atoms with E-state index in [9.17, 15) is 15.2 Å². The molecule has 1 aromatic carbocycles. The van der Waals surface area contributed by atoms with Gasteiger partial charge >= 0.3 is 0 Å². The van der Waals surface area contributed by atoms with Crippen molar-refractivity contribution in [3.05, 3.63) is 39.9 Å². The average molecular weight is 208 g/mol. The number of nitrogens with zero attached hydrogens (tertiary/aromatic N) is 1. The standard InChI is InChI=1S/C10H12N2O3/c13-10(4-5-11-7-10)8-2-1-3-9(6-8)12(14)15/h1-3,6,11,13H,4-5,7H2. The van der Waals surface area contributed by atoms with Gasteiger partial charge in [0, 0.05) is 18.7 Å². The highest BCUT2D eigenvalue weighted by atomic mass is 16.6. The summed E-state index contributed by atoms with van der Waals surface area (Å²) in [7, 11) is 0. The first-order valence-corrected chi connectivity index (χ1v) is 4.80. The molecule has 0 amide bonds. The maximum atomic E-state index is 10.6. The second-order valence-corrected chi connectivity index (χ2v) is 3.77. The van der Waals surface area contributed by atoms with E-state index in [-0.39, 0.29) is 5.69 Å². The summed E-state index contributed by atoms with van der Waals surface area (Å²) in [6.07, 6.45) is 0.591. The third-order valence-electron chi connectivity index (χ3n) is 2.73. The summed E-state index contributed by atoms with van der Waals surface area (Å²) in [5.41, 5.74) is -0.319. The second-order valence-electron chi connectivity index (χ2n) is 3.77. The number of aliphatic hydroxyl groups is 1. The summed E-state index contributed by atoms with van der Waals surface area (Å²) in [5.74, 6) is 0. The van der Waals surface area contributed by atoms with Gasteiger partial charge in [-0.15, -0.1) is 0 Å². The monoisotopic (exact) mass is 208 g/mol. The van der Waals surface area contributed by atoms with Crippen LogP contribution in [0.2, 0.25) is 0 Å². The SMILES string of the molecule is O=[N+]([O-])c1cccc(C2(O)CCNC2)c1. The van der Waals surface area contributed by atoms with E-state index in [1.165, 1.54) is 12.1 Å². The molecule has 1 unspecified atom stereocenters. The second kappa shape index (κ2) is 3.60. The number of benzene rings is 1. The molecular formula is C10H12N2O3. The van der Waals surface area contributed by atoms with Crippen LogP contribution in [-0.4, -0.2) is 23.1 Å². The summed E-state index contributed by atoms with van der Waals surface area (Å²) in [4.78, 5) is 10.1. The zero-order valence-corrected chi connectivity index (χ0v) is 8.14. The molecule has 5 nitrogen and oxygen atoms in total. The van der Waals surface area contributed by atoms with Gasteiger partial charge in [-0.25, -0.2) is 0 Å². The van der Waals surface area contributed by atoms with E-state index >= 15 is 0 Å². The largest absolute Gasteiger partial charge is 0.384 e. The van der Waals surface area contributed by atoms with Gasteiger partial charge in [-0.3, -0.25) is 10.1 Å². The number of hydrogen-bond donors (Lipinski definition) is 2. The fourth-order valence-corrected chi connectivity index (χ4v) is 1.83. The lowest BCUT2D eigenvalue weighted by Crippen LogP contribution is -2.28. The van der Waals surface area contributed by atoms with E-state index in [0.29, 0.717) is 18.5 Å². The Kier molecular flexibility index (Phi) is 2.42. The molecule has 80 valence electrons. The molecule has 1 aliphatic rings. The number of nitro groups is 1. The summed E-state index contributed by atoms with van der Waals surface area (Å²) < 4.78 is 0. The molecule has 1 atom stereocenters. The molecule has 1 fully saturated rings. The summed E-state index contributed by atoms with van der Waals surface area (Å²) in [6, 6.07) is 6.19. The highest BCUT2D eigenvalue weighted by Gasteiger charge is 2.33. The van der Waals surface area contributed by atoms with Crippen LogP contribution < -0.4 is 5.32 Å². The molecule has 1 heterocycles. The molecule has 0 aromatic heterocycles. The van der Waals surface area contributed by atoms with Gasteiger partial charge < -0.3 is 10.4 Å². The van der Waals surface area contributed by atoms with Gasteiger partial charge in [-0.05, 0) is 18.5 Å². The molecule has 2 rings (SSSR count). The number of non-ortho nitro benzene ring substituents is 1. The van der Waals surface area contributed by atoms with Crippen molar-refractivity contribution in [1.29, 1.82) is 0 Å². The summed E-state index contributed by atoms with van der Waals surface area (Å²) >= 11 is 0. The van der Waals surface area contributed by atoms with Crippen molar-refractivity contribution < 1.29 is 10.0 Å². The first-order valence-electron chi connectivity index (χ1n) is 4.80. The Morgan fingerprint density at radius 2 is 2.33 bits per heavy atom. The van der Waals surface area contributed by atoms with Crippen LogP contribution in [0.5, 0.6) is 0 Å². The number of β-amino-alcohol motifs (C(OH)–C–C–N with tert-alkyl or cyclic N) is 1. The number of nitrogens with one attached hydrogen (secondary N) is 1. The van der Waals surface area contributed by atoms with Crippen molar-refractivity contribution in [3.8, 4) is 0 Å². The zero-order valence-electron chi connectivity index (χ0n) is 8.14. The third-order valence-corrected chi connectivity index (χ3v) is 2.73. The van der Waals surface area contributed by atoms with Crippen molar-refractivity contribution in [2.45, 2.75) is 12.0 Å². The maximum absolute atomic E-state index is 10.6. The van der Waals surface area contributed by atoms with E-state index < -0.39 is 10.5 Å². The Bertz CT molecular complexity index is 386. The van der Waals surface area contributed by atoms with E-state index in [2.05, 4.69) is 5.32 Å². The van der Waals surface area contributed by atoms with Gasteiger partial charge in [-0.2, -0.15) is 0 Å². The lowest BCUT2D eigenvalue weighted by molar-refractivity contribution is -0.385. The number of nitro benzene ring substituents is 1. The first kappa shape index (κ1) is 10.1. The lowest BCUT2D eigenvalue weighted by Gasteiger charge is -2.21. The predicted molar refractivity (Wildman–Crippen MR) is 54.5 cm³/mol. The highest BCUT2D eigenvalue weighted by Crippen LogP contribution is 2.29. The Balaban J connectivity index is 2.36. The van der Waals surface area contributed by atoms with E-state index in [4.69, 9.17) is 0 Å². The molecule has 0 saturated carbocycles. The van der Waals surface area contributed by atoms with Crippen molar-refractivity contribution in [3.63, 3.8) is 0 Å². The quantitative estimate of drug-likeness (QED) is 0.556. The minimum absolute atomic E-state index is 0.0211.